The second kappa shape index (κ2) is 12.0. The minimum atomic E-state index is 0.190. The molecule has 0 spiro atoms. The highest BCUT2D eigenvalue weighted by Crippen LogP contribution is 2.51. The first-order valence-electron chi connectivity index (χ1n) is 18.1. The van der Waals surface area contributed by atoms with Gasteiger partial charge in [-0.15, -0.1) is 0 Å². The molecule has 3 heterocycles. The van der Waals surface area contributed by atoms with Gasteiger partial charge in [-0.3, -0.25) is 0 Å². The lowest BCUT2D eigenvalue weighted by molar-refractivity contribution is 0.745. The molecule has 242 valence electrons. The molecule has 0 amide bonds. The molecule has 10 rings (SSSR count). The van der Waals surface area contributed by atoms with Crippen molar-refractivity contribution in [1.82, 2.24) is 14.5 Å². The molecule has 2 atom stereocenters. The smallest absolute Gasteiger partial charge is 0.160 e. The Morgan fingerprint density at radius 1 is 0.660 bits per heavy atom. The van der Waals surface area contributed by atoms with Gasteiger partial charge in [-0.2, -0.15) is 0 Å². The lowest BCUT2D eigenvalue weighted by Gasteiger charge is -2.29. The van der Waals surface area contributed by atoms with Gasteiger partial charge in [0.15, 0.2) is 5.82 Å². The number of benzene rings is 3. The van der Waals surface area contributed by atoms with Crippen LogP contribution in [0.3, 0.4) is 0 Å². The number of fused-ring (bicyclic) bond motifs is 6. The van der Waals surface area contributed by atoms with Crippen LogP contribution in [0.15, 0.2) is 140 Å². The maximum absolute atomic E-state index is 5.19. The summed E-state index contributed by atoms with van der Waals surface area (Å²) in [6.45, 7) is 0. The predicted octanol–water partition coefficient (Wildman–Crippen LogP) is 11.4. The second-order valence-corrected chi connectivity index (χ2v) is 13.8. The SMILES string of the molecule is C1=CC2c3cc4c5c(n(C6=CCCC=C6)c4cc3N(c3cccc(-c4nc(C6=CCCC=C6)cc(-c6ccccc6)n4)c3)C2C=C1)CCC=C5. The lowest BCUT2D eigenvalue weighted by Crippen LogP contribution is -2.28. The van der Waals surface area contributed by atoms with Crippen LogP contribution in [0.1, 0.15) is 60.5 Å². The van der Waals surface area contributed by atoms with Gasteiger partial charge in [-0.05, 0) is 86.1 Å². The predicted molar refractivity (Wildman–Crippen MR) is 208 cm³/mol. The molecule has 0 radical (unpaired) electrons. The standard InChI is InChI=1S/C46H38N4/c1-4-15-31(16-5-1)40-29-41(32-17-6-2-7-18-32)48-46(47-40)33-19-14-22-35(27-33)50-43-26-13-11-24-37(43)39-28-38-36-23-10-12-25-42(36)49(44(38)30-45(39)50)34-20-8-3-9-21-34/h1,4-6,8,10-11,13-24,26-30,37,43H,2-3,7,9,12,25H2. The van der Waals surface area contributed by atoms with Gasteiger partial charge in [0.05, 0.1) is 22.9 Å². The Labute approximate surface area is 293 Å². The highest BCUT2D eigenvalue weighted by atomic mass is 15.2. The van der Waals surface area contributed by atoms with Gasteiger partial charge < -0.3 is 9.47 Å². The number of anilines is 2. The molecule has 0 N–H and O–H groups in total. The number of rotatable bonds is 5. The lowest BCUT2D eigenvalue weighted by atomic mass is 9.90. The molecule has 0 fully saturated rings. The van der Waals surface area contributed by atoms with E-state index in [0.29, 0.717) is 0 Å². The van der Waals surface area contributed by atoms with Gasteiger partial charge in [0.1, 0.15) is 0 Å². The Balaban J connectivity index is 1.14. The molecule has 0 saturated heterocycles. The molecule has 5 aromatic rings. The maximum atomic E-state index is 5.19. The van der Waals surface area contributed by atoms with E-state index in [0.717, 1.165) is 78.1 Å². The fourth-order valence-electron chi connectivity index (χ4n) is 8.49. The molecular formula is C46H38N4. The zero-order valence-corrected chi connectivity index (χ0v) is 28.0. The zero-order valence-electron chi connectivity index (χ0n) is 28.0. The van der Waals surface area contributed by atoms with Crippen molar-refractivity contribution < 1.29 is 0 Å². The van der Waals surface area contributed by atoms with Crippen LogP contribution in [0, 0.1) is 0 Å². The van der Waals surface area contributed by atoms with E-state index in [-0.39, 0.29) is 12.0 Å². The van der Waals surface area contributed by atoms with Gasteiger partial charge in [-0.25, -0.2) is 9.97 Å². The van der Waals surface area contributed by atoms with Crippen molar-refractivity contribution in [3.63, 3.8) is 0 Å². The van der Waals surface area contributed by atoms with Gasteiger partial charge in [-0.1, -0.05) is 109 Å². The van der Waals surface area contributed by atoms with Crippen LogP contribution in [0.2, 0.25) is 0 Å². The average molecular weight is 647 g/mol. The number of hydrogen-bond acceptors (Lipinski definition) is 3. The first-order valence-corrected chi connectivity index (χ1v) is 18.1. The van der Waals surface area contributed by atoms with Crippen LogP contribution < -0.4 is 4.90 Å². The van der Waals surface area contributed by atoms with Gasteiger partial charge >= 0.3 is 0 Å². The van der Waals surface area contributed by atoms with E-state index in [1.165, 1.54) is 39.1 Å². The normalized spacial score (nSPS) is 20.1. The monoisotopic (exact) mass is 646 g/mol. The summed E-state index contributed by atoms with van der Waals surface area (Å²) in [7, 11) is 0. The number of aromatic nitrogens is 3. The van der Waals surface area contributed by atoms with Crippen LogP contribution >= 0.6 is 0 Å². The second-order valence-electron chi connectivity index (χ2n) is 13.8. The van der Waals surface area contributed by atoms with Crippen molar-refractivity contribution in [1.29, 1.82) is 0 Å². The molecule has 4 nitrogen and oxygen atoms in total. The molecule has 4 aliphatic carbocycles. The summed E-state index contributed by atoms with van der Waals surface area (Å²) in [5.74, 6) is 1.02. The van der Waals surface area contributed by atoms with E-state index < -0.39 is 0 Å². The number of hydrogen-bond donors (Lipinski definition) is 0. The largest absolute Gasteiger partial charge is 0.333 e. The van der Waals surface area contributed by atoms with Crippen molar-refractivity contribution in [3.05, 3.63) is 162 Å². The van der Waals surface area contributed by atoms with E-state index in [2.05, 4.69) is 155 Å². The van der Waals surface area contributed by atoms with Crippen LogP contribution in [-0.2, 0) is 6.42 Å². The van der Waals surface area contributed by atoms with Crippen LogP contribution in [0.4, 0.5) is 11.4 Å². The molecule has 1 aliphatic heterocycles. The van der Waals surface area contributed by atoms with Crippen molar-refractivity contribution in [2.24, 2.45) is 0 Å². The summed E-state index contributed by atoms with van der Waals surface area (Å²) in [5.41, 5.74) is 14.4. The van der Waals surface area contributed by atoms with Gasteiger partial charge in [0.2, 0.25) is 0 Å². The summed E-state index contributed by atoms with van der Waals surface area (Å²) in [6, 6.07) is 26.6. The fourth-order valence-corrected chi connectivity index (χ4v) is 8.49. The Hall–Kier alpha value is -5.74. The van der Waals surface area contributed by atoms with Gasteiger partial charge in [0, 0.05) is 50.8 Å². The van der Waals surface area contributed by atoms with Crippen molar-refractivity contribution >= 4 is 39.6 Å². The van der Waals surface area contributed by atoms with E-state index in [1.54, 1.807) is 0 Å². The van der Waals surface area contributed by atoms with Crippen LogP contribution in [-0.4, -0.2) is 20.6 Å². The summed E-state index contributed by atoms with van der Waals surface area (Å²) >= 11 is 0. The molecule has 0 bridgehead atoms. The molecule has 5 aliphatic rings. The van der Waals surface area contributed by atoms with Crippen LogP contribution in [0.5, 0.6) is 0 Å². The number of nitrogens with zero attached hydrogens (tertiary/aromatic N) is 4. The Morgan fingerprint density at radius 3 is 2.34 bits per heavy atom. The summed E-state index contributed by atoms with van der Waals surface area (Å²) in [5, 5.41) is 1.36. The van der Waals surface area contributed by atoms with Crippen molar-refractivity contribution in [2.75, 3.05) is 4.90 Å². The molecule has 4 heteroatoms. The molecule has 3 aromatic carbocycles. The zero-order chi connectivity index (χ0) is 33.0. The van der Waals surface area contributed by atoms with Gasteiger partial charge in [0.25, 0.3) is 0 Å². The number of allylic oxidation sites excluding steroid dienone is 11. The Morgan fingerprint density at radius 2 is 1.48 bits per heavy atom. The Kier molecular flexibility index (Phi) is 7.00. The first-order chi connectivity index (χ1) is 24.8. The molecule has 2 unspecified atom stereocenters. The minimum Gasteiger partial charge on any atom is -0.333 e. The highest BCUT2D eigenvalue weighted by Gasteiger charge is 2.39. The first kappa shape index (κ1) is 29.2. The van der Waals surface area contributed by atoms with E-state index in [1.807, 2.05) is 0 Å². The summed E-state index contributed by atoms with van der Waals surface area (Å²) in [6.07, 6.45) is 34.1. The summed E-state index contributed by atoms with van der Waals surface area (Å²) < 4.78 is 2.55. The molecular weight excluding hydrogens is 609 g/mol. The minimum absolute atomic E-state index is 0.190. The summed E-state index contributed by atoms with van der Waals surface area (Å²) in [4.78, 5) is 12.9. The van der Waals surface area contributed by atoms with E-state index >= 15 is 0 Å². The third-order valence-electron chi connectivity index (χ3n) is 10.8. The Bertz CT molecular complexity index is 2390. The molecule has 0 saturated carbocycles. The van der Waals surface area contributed by atoms with E-state index in [4.69, 9.17) is 9.97 Å². The quantitative estimate of drug-likeness (QED) is 0.191. The average Bonchev–Trinajstić information content (AvgIpc) is 3.70. The third-order valence-corrected chi connectivity index (χ3v) is 10.8. The third kappa shape index (κ3) is 4.81. The van der Waals surface area contributed by atoms with Crippen molar-refractivity contribution in [2.45, 2.75) is 50.5 Å². The highest BCUT2D eigenvalue weighted by molar-refractivity contribution is 5.99. The van der Waals surface area contributed by atoms with Crippen molar-refractivity contribution in [3.8, 4) is 22.6 Å². The fraction of sp³-hybridized carbons (Fsp3) is 0.174. The van der Waals surface area contributed by atoms with Crippen LogP contribution in [0.25, 0.3) is 50.9 Å². The van der Waals surface area contributed by atoms with E-state index in [9.17, 15) is 0 Å². The molecule has 50 heavy (non-hydrogen) atoms. The maximum Gasteiger partial charge on any atom is 0.160 e. The molecule has 2 aromatic heterocycles. The topological polar surface area (TPSA) is 34.0 Å².